The zero-order valence-corrected chi connectivity index (χ0v) is 25.2. The van der Waals surface area contributed by atoms with Crippen molar-refractivity contribution in [1.82, 2.24) is 0 Å². The van der Waals surface area contributed by atoms with E-state index in [0.29, 0.717) is 75.4 Å². The van der Waals surface area contributed by atoms with Gasteiger partial charge in [-0.1, -0.05) is 72.8 Å². The molecule has 1 aromatic heterocycles. The molecule has 0 saturated heterocycles. The van der Waals surface area contributed by atoms with Gasteiger partial charge in [0.25, 0.3) is 0 Å². The third-order valence-corrected chi connectivity index (χ3v) is 7.46. The Labute approximate surface area is 261 Å². The van der Waals surface area contributed by atoms with E-state index in [1.54, 1.807) is 26.4 Å². The van der Waals surface area contributed by atoms with E-state index in [1.165, 1.54) is 7.11 Å². The molecule has 0 spiro atoms. The minimum absolute atomic E-state index is 0.214. The SMILES string of the molecule is COc1ccc(-c2c(-c3ccc(OCc4ccccc4)c(OCc4ccccc4)c3)oc3cc(OC)c(OC)cc3c2=O)cc1. The van der Waals surface area contributed by atoms with Gasteiger partial charge >= 0.3 is 0 Å². The molecule has 5 aromatic carbocycles. The molecule has 45 heavy (non-hydrogen) atoms. The largest absolute Gasteiger partial charge is 0.497 e. The highest BCUT2D eigenvalue weighted by Crippen LogP contribution is 2.40. The van der Waals surface area contributed by atoms with Crippen molar-refractivity contribution in [2.75, 3.05) is 21.3 Å². The Balaban J connectivity index is 1.50. The van der Waals surface area contributed by atoms with E-state index in [9.17, 15) is 4.79 Å². The second-order valence-electron chi connectivity index (χ2n) is 10.3. The van der Waals surface area contributed by atoms with E-state index in [2.05, 4.69) is 0 Å². The number of hydrogen-bond acceptors (Lipinski definition) is 7. The first kappa shape index (κ1) is 29.4. The second-order valence-corrected chi connectivity index (χ2v) is 10.3. The predicted molar refractivity (Wildman–Crippen MR) is 175 cm³/mol. The lowest BCUT2D eigenvalue weighted by molar-refractivity contribution is 0.256. The normalized spacial score (nSPS) is 10.8. The number of benzene rings is 5. The van der Waals surface area contributed by atoms with Crippen molar-refractivity contribution in [3.8, 4) is 51.2 Å². The Morgan fingerprint density at radius 2 is 1.13 bits per heavy atom. The van der Waals surface area contributed by atoms with Gasteiger partial charge in [0, 0.05) is 11.6 Å². The van der Waals surface area contributed by atoms with Crippen LogP contribution in [-0.4, -0.2) is 21.3 Å². The third kappa shape index (κ3) is 6.33. The maximum atomic E-state index is 14.2. The van der Waals surface area contributed by atoms with Crippen LogP contribution in [0.25, 0.3) is 33.4 Å². The Bertz CT molecular complexity index is 1960. The lowest BCUT2D eigenvalue weighted by Crippen LogP contribution is -2.08. The van der Waals surface area contributed by atoms with Crippen LogP contribution in [0, 0.1) is 0 Å². The summed E-state index contributed by atoms with van der Waals surface area (Å²) >= 11 is 0. The van der Waals surface area contributed by atoms with Crippen molar-refractivity contribution in [1.29, 1.82) is 0 Å². The average Bonchev–Trinajstić information content (AvgIpc) is 3.10. The van der Waals surface area contributed by atoms with E-state index >= 15 is 0 Å². The van der Waals surface area contributed by atoms with E-state index in [1.807, 2.05) is 103 Å². The zero-order valence-electron chi connectivity index (χ0n) is 25.2. The Morgan fingerprint density at radius 3 is 1.73 bits per heavy atom. The lowest BCUT2D eigenvalue weighted by atomic mass is 9.97. The monoisotopic (exact) mass is 600 g/mol. The van der Waals surface area contributed by atoms with Gasteiger partial charge < -0.3 is 28.1 Å². The fraction of sp³-hybridized carbons (Fsp3) is 0.132. The van der Waals surface area contributed by atoms with Crippen LogP contribution >= 0.6 is 0 Å². The molecule has 0 aliphatic rings. The molecule has 7 nitrogen and oxygen atoms in total. The topological polar surface area (TPSA) is 76.4 Å². The fourth-order valence-electron chi connectivity index (χ4n) is 5.10. The van der Waals surface area contributed by atoms with Crippen molar-refractivity contribution in [3.05, 3.63) is 137 Å². The summed E-state index contributed by atoms with van der Waals surface area (Å²) in [5.41, 5.74) is 3.90. The molecule has 6 rings (SSSR count). The molecule has 1 heterocycles. The summed E-state index contributed by atoms with van der Waals surface area (Å²) in [6.45, 7) is 0.696. The molecule has 0 N–H and O–H groups in total. The van der Waals surface area contributed by atoms with Crippen LogP contribution in [0.2, 0.25) is 0 Å². The highest BCUT2D eigenvalue weighted by molar-refractivity contribution is 5.91. The molecule has 0 aliphatic heterocycles. The van der Waals surface area contributed by atoms with Crippen molar-refractivity contribution < 1.29 is 28.1 Å². The quantitative estimate of drug-likeness (QED) is 0.148. The number of fused-ring (bicyclic) bond motifs is 1. The van der Waals surface area contributed by atoms with Gasteiger partial charge in [0.05, 0.1) is 32.3 Å². The maximum absolute atomic E-state index is 14.2. The molecule has 0 atom stereocenters. The molecule has 0 fully saturated rings. The van der Waals surface area contributed by atoms with Gasteiger partial charge in [-0.15, -0.1) is 0 Å². The van der Waals surface area contributed by atoms with Gasteiger partial charge in [-0.3, -0.25) is 4.79 Å². The number of methoxy groups -OCH3 is 3. The molecule has 0 saturated carbocycles. The van der Waals surface area contributed by atoms with Gasteiger partial charge in [0.2, 0.25) is 5.43 Å². The Hall–Kier alpha value is -5.69. The first-order chi connectivity index (χ1) is 22.1. The molecule has 6 aromatic rings. The summed E-state index contributed by atoms with van der Waals surface area (Å²) < 4.78 is 35.5. The average molecular weight is 601 g/mol. The third-order valence-electron chi connectivity index (χ3n) is 7.46. The van der Waals surface area contributed by atoms with Gasteiger partial charge in [-0.25, -0.2) is 0 Å². The molecular formula is C38H32O7. The summed E-state index contributed by atoms with van der Waals surface area (Å²) in [5.74, 6) is 3.02. The Kier molecular flexibility index (Phi) is 8.69. The van der Waals surface area contributed by atoms with E-state index < -0.39 is 0 Å². The van der Waals surface area contributed by atoms with Gasteiger partial charge in [-0.2, -0.15) is 0 Å². The van der Waals surface area contributed by atoms with E-state index in [0.717, 1.165) is 11.1 Å². The van der Waals surface area contributed by atoms with Crippen LogP contribution in [0.15, 0.2) is 124 Å². The summed E-state index contributed by atoms with van der Waals surface area (Å²) in [6.07, 6.45) is 0. The van der Waals surface area contributed by atoms with Crippen LogP contribution in [0.3, 0.4) is 0 Å². The molecule has 0 aliphatic carbocycles. The fourth-order valence-corrected chi connectivity index (χ4v) is 5.10. The number of rotatable bonds is 11. The molecule has 0 radical (unpaired) electrons. The van der Waals surface area contributed by atoms with E-state index in [-0.39, 0.29) is 5.43 Å². The van der Waals surface area contributed by atoms with Crippen molar-refractivity contribution in [3.63, 3.8) is 0 Å². The van der Waals surface area contributed by atoms with Gasteiger partial charge in [0.1, 0.15) is 30.3 Å². The van der Waals surface area contributed by atoms with Crippen molar-refractivity contribution in [2.45, 2.75) is 13.2 Å². The van der Waals surface area contributed by atoms with Crippen molar-refractivity contribution in [2.24, 2.45) is 0 Å². The van der Waals surface area contributed by atoms with Crippen LogP contribution in [0.1, 0.15) is 11.1 Å². The molecule has 7 heteroatoms. The second kappa shape index (κ2) is 13.3. The summed E-state index contributed by atoms with van der Waals surface area (Å²) in [7, 11) is 4.67. The zero-order chi connectivity index (χ0) is 31.2. The minimum atomic E-state index is -0.214. The first-order valence-corrected chi connectivity index (χ1v) is 14.4. The summed E-state index contributed by atoms with van der Waals surface area (Å²) in [6, 6.07) is 36.0. The maximum Gasteiger partial charge on any atom is 0.201 e. The molecule has 0 unspecified atom stereocenters. The van der Waals surface area contributed by atoms with Gasteiger partial charge in [0.15, 0.2) is 23.0 Å². The number of hydrogen-bond donors (Lipinski definition) is 0. The standard InChI is InChI=1S/C38H32O7/c1-40-29-17-14-27(15-18-29)36-37(39)30-21-33(41-2)34(42-3)22-32(30)45-38(36)28-16-19-31(43-23-25-10-6-4-7-11-25)35(20-28)44-24-26-12-8-5-9-13-26/h4-22H,23-24H2,1-3H3. The van der Waals surface area contributed by atoms with Crippen LogP contribution in [0.5, 0.6) is 28.7 Å². The summed E-state index contributed by atoms with van der Waals surface area (Å²) in [5, 5.41) is 0.366. The molecule has 226 valence electrons. The van der Waals surface area contributed by atoms with Crippen LogP contribution in [-0.2, 0) is 13.2 Å². The van der Waals surface area contributed by atoms with Crippen LogP contribution in [0.4, 0.5) is 0 Å². The highest BCUT2D eigenvalue weighted by Gasteiger charge is 2.22. The predicted octanol–water partition coefficient (Wildman–Crippen LogP) is 8.31. The molecular weight excluding hydrogens is 568 g/mol. The molecule has 0 amide bonds. The molecule has 0 bridgehead atoms. The van der Waals surface area contributed by atoms with Crippen LogP contribution < -0.4 is 29.1 Å². The highest BCUT2D eigenvalue weighted by atomic mass is 16.5. The first-order valence-electron chi connectivity index (χ1n) is 14.4. The Morgan fingerprint density at radius 1 is 0.556 bits per heavy atom. The minimum Gasteiger partial charge on any atom is -0.497 e. The van der Waals surface area contributed by atoms with Gasteiger partial charge in [-0.05, 0) is 53.1 Å². The van der Waals surface area contributed by atoms with Crippen molar-refractivity contribution >= 4 is 11.0 Å². The number of ether oxygens (including phenoxy) is 5. The van der Waals surface area contributed by atoms with E-state index in [4.69, 9.17) is 28.1 Å². The summed E-state index contributed by atoms with van der Waals surface area (Å²) in [4.78, 5) is 14.2. The lowest BCUT2D eigenvalue weighted by Gasteiger charge is -2.16. The smallest absolute Gasteiger partial charge is 0.201 e.